The van der Waals surface area contributed by atoms with Crippen molar-refractivity contribution in [3.8, 4) is 17.2 Å². The summed E-state index contributed by atoms with van der Waals surface area (Å²) in [4.78, 5) is 14.2. The molecule has 1 saturated heterocycles. The molecule has 0 spiro atoms. The number of thiocarbonyl (C=S) groups is 1. The SMILES string of the molecule is CCOc1cc(C=C2NC(=S)N(c3ccc(OC)cc3)C2=O)ccc1O. The van der Waals surface area contributed by atoms with Gasteiger partial charge >= 0.3 is 0 Å². The van der Waals surface area contributed by atoms with Crippen LogP contribution < -0.4 is 19.7 Å². The Balaban J connectivity index is 1.88. The number of hydrogen-bond donors (Lipinski definition) is 2. The fourth-order valence-electron chi connectivity index (χ4n) is 2.56. The number of ether oxygens (including phenoxy) is 2. The summed E-state index contributed by atoms with van der Waals surface area (Å²) in [5.74, 6) is 0.853. The zero-order valence-electron chi connectivity index (χ0n) is 14.4. The number of phenols is 1. The second-order valence-corrected chi connectivity index (χ2v) is 5.87. The average molecular weight is 370 g/mol. The average Bonchev–Trinajstić information content (AvgIpc) is 2.92. The van der Waals surface area contributed by atoms with Crippen LogP contribution in [0.2, 0.25) is 0 Å². The van der Waals surface area contributed by atoms with Crippen LogP contribution in [-0.2, 0) is 4.79 Å². The molecule has 0 saturated carbocycles. The van der Waals surface area contributed by atoms with E-state index in [0.717, 1.165) is 0 Å². The van der Waals surface area contributed by atoms with E-state index in [1.54, 1.807) is 49.6 Å². The van der Waals surface area contributed by atoms with Crippen molar-refractivity contribution in [1.82, 2.24) is 5.32 Å². The minimum atomic E-state index is -0.258. The summed E-state index contributed by atoms with van der Waals surface area (Å²) in [6.45, 7) is 2.26. The molecule has 0 atom stereocenters. The summed E-state index contributed by atoms with van der Waals surface area (Å²) < 4.78 is 10.5. The number of carbonyl (C=O) groups is 1. The number of nitrogens with one attached hydrogen (secondary N) is 1. The second kappa shape index (κ2) is 7.45. The van der Waals surface area contributed by atoms with Crippen molar-refractivity contribution in [3.63, 3.8) is 0 Å². The van der Waals surface area contributed by atoms with Crippen LogP contribution in [-0.4, -0.2) is 29.8 Å². The standard InChI is InChI=1S/C19H18N2O4S/c1-3-25-17-11-12(4-9-16(17)22)10-15-18(23)21(19(26)20-15)13-5-7-14(24-2)8-6-13/h4-11,22H,3H2,1-2H3,(H,20,26). The van der Waals surface area contributed by atoms with E-state index in [1.165, 1.54) is 11.0 Å². The van der Waals surface area contributed by atoms with Gasteiger partial charge in [-0.25, -0.2) is 0 Å². The first kappa shape index (κ1) is 17.8. The third-order valence-corrected chi connectivity index (χ3v) is 4.09. The number of methoxy groups -OCH3 is 1. The highest BCUT2D eigenvalue weighted by Gasteiger charge is 2.31. The maximum Gasteiger partial charge on any atom is 0.281 e. The Morgan fingerprint density at radius 1 is 1.23 bits per heavy atom. The molecule has 0 aliphatic carbocycles. The number of hydrogen-bond acceptors (Lipinski definition) is 5. The lowest BCUT2D eigenvalue weighted by atomic mass is 10.1. The van der Waals surface area contributed by atoms with Gasteiger partial charge in [-0.1, -0.05) is 6.07 Å². The van der Waals surface area contributed by atoms with Crippen molar-refractivity contribution in [2.45, 2.75) is 6.92 Å². The molecule has 3 rings (SSSR count). The minimum absolute atomic E-state index is 0.0510. The number of carbonyl (C=O) groups excluding carboxylic acids is 1. The molecule has 0 aromatic heterocycles. The third kappa shape index (κ3) is 3.48. The summed E-state index contributed by atoms with van der Waals surface area (Å²) in [6.07, 6.45) is 1.67. The van der Waals surface area contributed by atoms with E-state index in [0.29, 0.717) is 40.2 Å². The Hall–Kier alpha value is -3.06. The number of phenolic OH excluding ortho intramolecular Hbond substituents is 1. The van der Waals surface area contributed by atoms with Crippen LogP contribution in [0.25, 0.3) is 6.08 Å². The fourth-order valence-corrected chi connectivity index (χ4v) is 2.86. The van der Waals surface area contributed by atoms with Gasteiger partial charge in [0.2, 0.25) is 0 Å². The van der Waals surface area contributed by atoms with Gasteiger partial charge in [0, 0.05) is 0 Å². The summed E-state index contributed by atoms with van der Waals surface area (Å²) in [7, 11) is 1.58. The molecule has 1 aliphatic heterocycles. The normalized spacial score (nSPS) is 15.3. The van der Waals surface area contributed by atoms with Gasteiger partial charge in [-0.15, -0.1) is 0 Å². The Labute approximate surface area is 156 Å². The van der Waals surface area contributed by atoms with Crippen molar-refractivity contribution >= 4 is 35.0 Å². The molecule has 0 unspecified atom stereocenters. The first-order chi connectivity index (χ1) is 12.5. The van der Waals surface area contributed by atoms with E-state index in [1.807, 2.05) is 6.92 Å². The van der Waals surface area contributed by atoms with Crippen molar-refractivity contribution in [3.05, 3.63) is 53.7 Å². The number of nitrogens with zero attached hydrogens (tertiary/aromatic N) is 1. The largest absolute Gasteiger partial charge is 0.504 e. The smallest absolute Gasteiger partial charge is 0.281 e. The van der Waals surface area contributed by atoms with Gasteiger partial charge in [-0.3, -0.25) is 9.69 Å². The quantitative estimate of drug-likeness (QED) is 0.623. The lowest BCUT2D eigenvalue weighted by molar-refractivity contribution is -0.113. The molecule has 0 bridgehead atoms. The summed E-state index contributed by atoms with van der Waals surface area (Å²) in [5, 5.41) is 13.0. The van der Waals surface area contributed by atoms with Crippen molar-refractivity contribution in [2.24, 2.45) is 0 Å². The molecule has 26 heavy (non-hydrogen) atoms. The van der Waals surface area contributed by atoms with E-state index < -0.39 is 0 Å². The molecule has 134 valence electrons. The molecule has 2 N–H and O–H groups in total. The number of anilines is 1. The summed E-state index contributed by atoms with van der Waals surface area (Å²) >= 11 is 5.30. The molecule has 1 aliphatic rings. The Kier molecular flexibility index (Phi) is 5.09. The predicted molar refractivity (Wildman–Crippen MR) is 103 cm³/mol. The van der Waals surface area contributed by atoms with Crippen LogP contribution in [0.15, 0.2) is 48.2 Å². The van der Waals surface area contributed by atoms with E-state index in [-0.39, 0.29) is 11.7 Å². The molecule has 1 amide bonds. The van der Waals surface area contributed by atoms with Gasteiger partial charge < -0.3 is 19.9 Å². The first-order valence-electron chi connectivity index (χ1n) is 8.00. The van der Waals surface area contributed by atoms with Crippen LogP contribution >= 0.6 is 12.2 Å². The topological polar surface area (TPSA) is 71.0 Å². The monoisotopic (exact) mass is 370 g/mol. The van der Waals surface area contributed by atoms with E-state index in [2.05, 4.69) is 5.32 Å². The molecule has 1 heterocycles. The van der Waals surface area contributed by atoms with Crippen LogP contribution in [0.4, 0.5) is 5.69 Å². The van der Waals surface area contributed by atoms with Gasteiger partial charge in [0.15, 0.2) is 16.6 Å². The van der Waals surface area contributed by atoms with Crippen LogP contribution in [0.5, 0.6) is 17.2 Å². The molecule has 6 nitrogen and oxygen atoms in total. The Morgan fingerprint density at radius 2 is 1.96 bits per heavy atom. The summed E-state index contributed by atoms with van der Waals surface area (Å²) in [5.41, 5.74) is 1.71. The number of rotatable bonds is 5. The van der Waals surface area contributed by atoms with E-state index in [9.17, 15) is 9.90 Å². The molecule has 0 radical (unpaired) electrons. The Bertz CT molecular complexity index is 878. The van der Waals surface area contributed by atoms with E-state index >= 15 is 0 Å². The zero-order chi connectivity index (χ0) is 18.7. The number of amides is 1. The van der Waals surface area contributed by atoms with Gasteiger partial charge in [0.05, 0.1) is 19.4 Å². The van der Waals surface area contributed by atoms with Crippen LogP contribution in [0, 0.1) is 0 Å². The van der Waals surface area contributed by atoms with Crippen LogP contribution in [0.3, 0.4) is 0 Å². The highest BCUT2D eigenvalue weighted by molar-refractivity contribution is 7.80. The lowest BCUT2D eigenvalue weighted by Gasteiger charge is -2.14. The highest BCUT2D eigenvalue weighted by atomic mass is 32.1. The molecular formula is C19H18N2O4S. The van der Waals surface area contributed by atoms with Gasteiger partial charge in [0.25, 0.3) is 5.91 Å². The van der Waals surface area contributed by atoms with Crippen LogP contribution in [0.1, 0.15) is 12.5 Å². The number of benzene rings is 2. The molecular weight excluding hydrogens is 352 g/mol. The van der Waals surface area contributed by atoms with Crippen molar-refractivity contribution in [1.29, 1.82) is 0 Å². The Morgan fingerprint density at radius 3 is 2.62 bits per heavy atom. The lowest BCUT2D eigenvalue weighted by Crippen LogP contribution is -2.30. The molecule has 7 heteroatoms. The highest BCUT2D eigenvalue weighted by Crippen LogP contribution is 2.29. The van der Waals surface area contributed by atoms with Gasteiger partial charge in [0.1, 0.15) is 11.4 Å². The van der Waals surface area contributed by atoms with Crippen molar-refractivity contribution in [2.75, 3.05) is 18.6 Å². The second-order valence-electron chi connectivity index (χ2n) is 5.49. The van der Waals surface area contributed by atoms with Gasteiger partial charge in [-0.05, 0) is 67.2 Å². The summed E-state index contributed by atoms with van der Waals surface area (Å²) in [6, 6.07) is 11.9. The van der Waals surface area contributed by atoms with E-state index in [4.69, 9.17) is 21.7 Å². The third-order valence-electron chi connectivity index (χ3n) is 3.80. The van der Waals surface area contributed by atoms with Crippen molar-refractivity contribution < 1.29 is 19.4 Å². The zero-order valence-corrected chi connectivity index (χ0v) is 15.2. The maximum absolute atomic E-state index is 12.7. The van der Waals surface area contributed by atoms with Gasteiger partial charge in [-0.2, -0.15) is 0 Å². The minimum Gasteiger partial charge on any atom is -0.504 e. The molecule has 2 aromatic rings. The molecule has 1 fully saturated rings. The fraction of sp³-hybridized carbons (Fsp3) is 0.158. The first-order valence-corrected chi connectivity index (χ1v) is 8.41. The predicted octanol–water partition coefficient (Wildman–Crippen LogP) is 3.06. The number of aromatic hydroxyl groups is 1. The molecule has 2 aromatic carbocycles. The maximum atomic E-state index is 12.7.